The molecular weight excluding hydrogens is 429 g/mol. The van der Waals surface area contributed by atoms with Crippen LogP contribution in [0.5, 0.6) is 0 Å². The van der Waals surface area contributed by atoms with E-state index in [-0.39, 0.29) is 23.7 Å². The maximum absolute atomic E-state index is 14.7. The molecule has 3 aromatic heterocycles. The highest BCUT2D eigenvalue weighted by Crippen LogP contribution is 2.34. The molecule has 0 aliphatic heterocycles. The van der Waals surface area contributed by atoms with E-state index in [4.69, 9.17) is 11.6 Å². The third-order valence-corrected chi connectivity index (χ3v) is 7.19. The van der Waals surface area contributed by atoms with Gasteiger partial charge in [0.1, 0.15) is 11.4 Å². The van der Waals surface area contributed by atoms with Crippen LogP contribution in [0.2, 0.25) is 5.02 Å². The van der Waals surface area contributed by atoms with E-state index in [1.54, 1.807) is 18.5 Å². The molecule has 0 radical (unpaired) electrons. The van der Waals surface area contributed by atoms with E-state index in [9.17, 15) is 9.18 Å². The smallest absolute Gasteiger partial charge is 0.183 e. The van der Waals surface area contributed by atoms with Crippen LogP contribution >= 0.6 is 11.6 Å². The highest BCUT2D eigenvalue weighted by atomic mass is 35.5. The number of H-pyrrole nitrogens is 1. The molecule has 3 aromatic rings. The molecule has 2 aliphatic rings. The van der Waals surface area contributed by atoms with Crippen molar-refractivity contribution in [2.45, 2.75) is 63.8 Å². The Kier molecular flexibility index (Phi) is 6.09. The lowest BCUT2D eigenvalue weighted by molar-refractivity contribution is -0.123. The molecule has 5 rings (SSSR count). The Morgan fingerprint density at radius 2 is 1.91 bits per heavy atom. The van der Waals surface area contributed by atoms with E-state index in [0.717, 1.165) is 62.3 Å². The predicted molar refractivity (Wildman–Crippen MR) is 123 cm³/mol. The van der Waals surface area contributed by atoms with Crippen molar-refractivity contribution in [3.63, 3.8) is 0 Å². The highest BCUT2D eigenvalue weighted by molar-refractivity contribution is 6.31. The number of nitrogens with zero attached hydrogens (tertiary/aromatic N) is 3. The van der Waals surface area contributed by atoms with E-state index in [0.29, 0.717) is 28.7 Å². The Bertz CT molecular complexity index is 1130. The van der Waals surface area contributed by atoms with Gasteiger partial charge >= 0.3 is 0 Å². The number of hydrogen-bond donors (Lipinski definition) is 2. The molecule has 6 nitrogen and oxygen atoms in total. The van der Waals surface area contributed by atoms with E-state index in [2.05, 4.69) is 25.3 Å². The molecule has 0 spiro atoms. The summed E-state index contributed by atoms with van der Waals surface area (Å²) >= 11 is 6.11. The zero-order valence-corrected chi connectivity index (χ0v) is 18.7. The molecule has 2 N–H and O–H groups in total. The average Bonchev–Trinajstić information content (AvgIpc) is 3.47. The van der Waals surface area contributed by atoms with Crippen molar-refractivity contribution in [2.24, 2.45) is 11.8 Å². The van der Waals surface area contributed by atoms with Crippen LogP contribution < -0.4 is 5.32 Å². The fourth-order valence-corrected chi connectivity index (χ4v) is 5.41. The third-order valence-electron chi connectivity index (χ3n) is 6.99. The van der Waals surface area contributed by atoms with Gasteiger partial charge in [0.05, 0.1) is 11.2 Å². The molecular formula is C24H27ClFN5O. The maximum Gasteiger partial charge on any atom is 0.183 e. The lowest BCUT2D eigenvalue weighted by atomic mass is 9.79. The summed E-state index contributed by atoms with van der Waals surface area (Å²) in [5.41, 5.74) is 1.39. The number of hydrogen-bond acceptors (Lipinski definition) is 5. The molecule has 0 amide bonds. The number of anilines is 1. The van der Waals surface area contributed by atoms with E-state index < -0.39 is 5.82 Å². The quantitative estimate of drug-likeness (QED) is 0.481. The zero-order valence-electron chi connectivity index (χ0n) is 17.9. The fraction of sp³-hybridized carbons (Fsp3) is 0.500. The maximum atomic E-state index is 14.7. The van der Waals surface area contributed by atoms with Crippen LogP contribution in [0.4, 0.5) is 10.2 Å². The Hall–Kier alpha value is -2.54. The topological polar surface area (TPSA) is 83.6 Å². The molecule has 168 valence electrons. The molecule has 0 bridgehead atoms. The number of aromatic amines is 1. The van der Waals surface area contributed by atoms with Crippen LogP contribution in [-0.4, -0.2) is 31.8 Å². The minimum atomic E-state index is -0.490. The van der Waals surface area contributed by atoms with Crippen molar-refractivity contribution in [3.8, 4) is 11.4 Å². The molecule has 32 heavy (non-hydrogen) atoms. The third kappa shape index (κ3) is 4.35. The van der Waals surface area contributed by atoms with Gasteiger partial charge in [-0.05, 0) is 37.7 Å². The van der Waals surface area contributed by atoms with Gasteiger partial charge in [0.2, 0.25) is 0 Å². The molecule has 3 heterocycles. The highest BCUT2D eigenvalue weighted by Gasteiger charge is 2.31. The second kappa shape index (κ2) is 9.14. The first-order valence-corrected chi connectivity index (χ1v) is 11.9. The molecule has 2 fully saturated rings. The number of ketones is 1. The summed E-state index contributed by atoms with van der Waals surface area (Å²) in [6.07, 6.45) is 13.5. The van der Waals surface area contributed by atoms with Gasteiger partial charge in [-0.15, -0.1) is 0 Å². The average molecular weight is 456 g/mol. The van der Waals surface area contributed by atoms with Crippen LogP contribution in [0.1, 0.15) is 57.8 Å². The Morgan fingerprint density at radius 3 is 2.75 bits per heavy atom. The van der Waals surface area contributed by atoms with E-state index >= 15 is 0 Å². The van der Waals surface area contributed by atoms with Gasteiger partial charge < -0.3 is 10.3 Å². The summed E-state index contributed by atoms with van der Waals surface area (Å²) < 4.78 is 14.7. The summed E-state index contributed by atoms with van der Waals surface area (Å²) in [4.78, 5) is 28.9. The second-order valence-electron chi connectivity index (χ2n) is 9.09. The standard InChI is InChI=1S/C24H27ClFN5O/c25-16-10-17-18(12-28-22(17)27-11-16)23-29-13-19(26)24(31-23)30-20-8-4-3-7-15(20)9-21(32)14-5-1-2-6-14/h10-15,20H,1-9H2,(H,27,28)(H,29,30,31). The van der Waals surface area contributed by atoms with Crippen molar-refractivity contribution in [2.75, 3.05) is 5.32 Å². The number of carbonyl (C=O) groups is 1. The minimum absolute atomic E-state index is 0.0328. The van der Waals surface area contributed by atoms with E-state index in [1.807, 2.05) is 0 Å². The lowest BCUT2D eigenvalue weighted by Crippen LogP contribution is -2.35. The van der Waals surface area contributed by atoms with E-state index in [1.165, 1.54) is 6.20 Å². The normalized spacial score (nSPS) is 21.8. The van der Waals surface area contributed by atoms with Gasteiger partial charge in [-0.3, -0.25) is 4.79 Å². The number of carbonyl (C=O) groups excluding carboxylic acids is 1. The van der Waals surface area contributed by atoms with Crippen LogP contribution in [0.3, 0.4) is 0 Å². The molecule has 2 saturated carbocycles. The first-order valence-electron chi connectivity index (χ1n) is 11.5. The van der Waals surface area contributed by atoms with Crippen LogP contribution in [0.25, 0.3) is 22.4 Å². The van der Waals surface area contributed by atoms with Crippen molar-refractivity contribution in [1.82, 2.24) is 19.9 Å². The summed E-state index contributed by atoms with van der Waals surface area (Å²) in [7, 11) is 0. The number of aromatic nitrogens is 4. The van der Waals surface area contributed by atoms with Gasteiger partial charge in [0.25, 0.3) is 0 Å². The van der Waals surface area contributed by atoms with Crippen LogP contribution in [-0.2, 0) is 4.79 Å². The van der Waals surface area contributed by atoms with Gasteiger partial charge in [0, 0.05) is 41.7 Å². The number of rotatable bonds is 6. The molecule has 0 aromatic carbocycles. The number of fused-ring (bicyclic) bond motifs is 1. The summed E-state index contributed by atoms with van der Waals surface area (Å²) in [5, 5.41) is 4.62. The molecule has 2 unspecified atom stereocenters. The second-order valence-corrected chi connectivity index (χ2v) is 9.53. The summed E-state index contributed by atoms with van der Waals surface area (Å²) in [6, 6.07) is 1.83. The first-order chi connectivity index (χ1) is 15.6. The van der Waals surface area contributed by atoms with Crippen molar-refractivity contribution in [3.05, 3.63) is 35.5 Å². The van der Waals surface area contributed by atoms with Crippen LogP contribution in [0, 0.1) is 17.7 Å². The molecule has 8 heteroatoms. The molecule has 2 atom stereocenters. The van der Waals surface area contributed by atoms with Crippen molar-refractivity contribution in [1.29, 1.82) is 0 Å². The first kappa shape index (κ1) is 21.3. The largest absolute Gasteiger partial charge is 0.364 e. The summed E-state index contributed by atoms with van der Waals surface area (Å²) in [6.45, 7) is 0. The Balaban J connectivity index is 1.38. The van der Waals surface area contributed by atoms with Gasteiger partial charge in [-0.2, -0.15) is 0 Å². The SMILES string of the molecule is O=C(CC1CCCCC1Nc1nc(-c2c[nH]c3ncc(Cl)cc23)ncc1F)C1CCCC1. The molecule has 0 saturated heterocycles. The summed E-state index contributed by atoms with van der Waals surface area (Å²) in [5.74, 6) is 0.917. The molecule has 2 aliphatic carbocycles. The van der Waals surface area contributed by atoms with Gasteiger partial charge in [-0.1, -0.05) is 37.3 Å². The number of nitrogens with one attached hydrogen (secondary N) is 2. The number of pyridine rings is 1. The lowest BCUT2D eigenvalue weighted by Gasteiger charge is -2.33. The number of halogens is 2. The minimum Gasteiger partial charge on any atom is -0.364 e. The van der Waals surface area contributed by atoms with Gasteiger partial charge in [-0.25, -0.2) is 19.3 Å². The van der Waals surface area contributed by atoms with Crippen molar-refractivity contribution >= 4 is 34.2 Å². The fourth-order valence-electron chi connectivity index (χ4n) is 5.25. The predicted octanol–water partition coefficient (Wildman–Crippen LogP) is 5.93. The zero-order chi connectivity index (χ0) is 22.1. The Morgan fingerprint density at radius 1 is 1.12 bits per heavy atom. The van der Waals surface area contributed by atoms with Crippen LogP contribution in [0.15, 0.2) is 24.7 Å². The monoisotopic (exact) mass is 455 g/mol. The van der Waals surface area contributed by atoms with Gasteiger partial charge in [0.15, 0.2) is 17.5 Å². The Labute approximate surface area is 191 Å². The van der Waals surface area contributed by atoms with Crippen molar-refractivity contribution < 1.29 is 9.18 Å². The number of Topliss-reactive ketones (excluding diaryl/α,β-unsaturated/α-hetero) is 1.